The van der Waals surface area contributed by atoms with E-state index in [1.807, 2.05) is 0 Å². The molecule has 0 saturated heterocycles. The molecule has 0 unspecified atom stereocenters. The van der Waals surface area contributed by atoms with Gasteiger partial charge >= 0.3 is 6.18 Å². The standard InChI is InChI=1S/C8H13F3O2/c1-7(12)3-2-5-13-6-4-8(9,10)11/h2-6H2,1H3. The molecule has 0 aromatic heterocycles. The Bertz CT molecular complexity index is 154. The molecule has 0 spiro atoms. The minimum absolute atomic E-state index is 0.0272. The molecule has 0 fully saturated rings. The molecule has 0 aromatic rings. The predicted molar refractivity (Wildman–Crippen MR) is 41.4 cm³/mol. The van der Waals surface area contributed by atoms with Crippen LogP contribution in [-0.4, -0.2) is 25.2 Å². The number of carbonyl (C=O) groups is 1. The van der Waals surface area contributed by atoms with Gasteiger partial charge in [-0.25, -0.2) is 0 Å². The maximum Gasteiger partial charge on any atom is 0.391 e. The average molecular weight is 198 g/mol. The maximum absolute atomic E-state index is 11.6. The first kappa shape index (κ1) is 12.4. The van der Waals surface area contributed by atoms with E-state index < -0.39 is 12.6 Å². The second-order valence-electron chi connectivity index (χ2n) is 2.78. The van der Waals surface area contributed by atoms with Crippen LogP contribution in [0.25, 0.3) is 0 Å². The zero-order valence-corrected chi connectivity index (χ0v) is 7.49. The van der Waals surface area contributed by atoms with Crippen LogP contribution in [0, 0.1) is 0 Å². The summed E-state index contributed by atoms with van der Waals surface area (Å²) in [6.07, 6.45) is -4.22. The van der Waals surface area contributed by atoms with Gasteiger partial charge in [0, 0.05) is 13.0 Å². The van der Waals surface area contributed by atoms with Crippen LogP contribution < -0.4 is 0 Å². The van der Waals surface area contributed by atoms with E-state index >= 15 is 0 Å². The number of hydrogen-bond donors (Lipinski definition) is 0. The van der Waals surface area contributed by atoms with Crippen molar-refractivity contribution in [3.8, 4) is 0 Å². The first-order chi connectivity index (χ1) is 5.92. The summed E-state index contributed by atoms with van der Waals surface area (Å²) in [6, 6.07) is 0. The van der Waals surface area contributed by atoms with Crippen LogP contribution in [0.1, 0.15) is 26.2 Å². The smallest absolute Gasteiger partial charge is 0.381 e. The number of ether oxygens (including phenoxy) is 1. The van der Waals surface area contributed by atoms with Gasteiger partial charge in [0.1, 0.15) is 5.78 Å². The van der Waals surface area contributed by atoms with E-state index in [0.717, 1.165) is 0 Å². The monoisotopic (exact) mass is 198 g/mol. The van der Waals surface area contributed by atoms with Gasteiger partial charge in [-0.3, -0.25) is 0 Å². The number of ketones is 1. The zero-order valence-electron chi connectivity index (χ0n) is 7.49. The highest BCUT2D eigenvalue weighted by molar-refractivity contribution is 5.75. The molecule has 0 saturated carbocycles. The summed E-state index contributed by atoms with van der Waals surface area (Å²) >= 11 is 0. The van der Waals surface area contributed by atoms with Crippen LogP contribution in [0.3, 0.4) is 0 Å². The third kappa shape index (κ3) is 11.4. The normalized spacial score (nSPS) is 11.7. The van der Waals surface area contributed by atoms with Gasteiger partial charge in [0.05, 0.1) is 13.0 Å². The highest BCUT2D eigenvalue weighted by atomic mass is 19.4. The van der Waals surface area contributed by atoms with Crippen molar-refractivity contribution in [2.45, 2.75) is 32.4 Å². The number of hydrogen-bond acceptors (Lipinski definition) is 2. The van der Waals surface area contributed by atoms with Gasteiger partial charge < -0.3 is 9.53 Å². The molecule has 5 heteroatoms. The van der Waals surface area contributed by atoms with Gasteiger partial charge in [0.25, 0.3) is 0 Å². The van der Waals surface area contributed by atoms with E-state index in [4.69, 9.17) is 0 Å². The summed E-state index contributed by atoms with van der Waals surface area (Å²) < 4.78 is 39.4. The topological polar surface area (TPSA) is 26.3 Å². The van der Waals surface area contributed by atoms with Crippen molar-refractivity contribution >= 4 is 5.78 Å². The Morgan fingerprint density at radius 3 is 2.38 bits per heavy atom. The third-order valence-corrected chi connectivity index (χ3v) is 1.35. The van der Waals surface area contributed by atoms with E-state index in [1.54, 1.807) is 0 Å². The van der Waals surface area contributed by atoms with Gasteiger partial charge in [0.2, 0.25) is 0 Å². The fourth-order valence-electron chi connectivity index (χ4n) is 0.713. The molecule has 0 radical (unpaired) electrons. The van der Waals surface area contributed by atoms with E-state index in [9.17, 15) is 18.0 Å². The molecule has 0 aromatic carbocycles. The van der Waals surface area contributed by atoms with Crippen molar-refractivity contribution in [3.63, 3.8) is 0 Å². The summed E-state index contributed by atoms with van der Waals surface area (Å²) in [6.45, 7) is 1.34. The fourth-order valence-corrected chi connectivity index (χ4v) is 0.713. The van der Waals surface area contributed by atoms with Gasteiger partial charge in [0.15, 0.2) is 0 Å². The molecule has 0 heterocycles. The molecule has 0 aliphatic rings. The molecule has 0 bridgehead atoms. The van der Waals surface area contributed by atoms with Crippen molar-refractivity contribution in [2.24, 2.45) is 0 Å². The van der Waals surface area contributed by atoms with Crippen LogP contribution in [0.5, 0.6) is 0 Å². The predicted octanol–water partition coefficient (Wildman–Crippen LogP) is 2.32. The Balaban J connectivity index is 3.13. The lowest BCUT2D eigenvalue weighted by Crippen LogP contribution is -2.12. The van der Waals surface area contributed by atoms with Crippen LogP contribution >= 0.6 is 0 Å². The van der Waals surface area contributed by atoms with Crippen LogP contribution in [0.4, 0.5) is 13.2 Å². The summed E-state index contributed by atoms with van der Waals surface area (Å²) in [5.74, 6) is 0.0272. The maximum atomic E-state index is 11.6. The molecule has 13 heavy (non-hydrogen) atoms. The molecule has 0 aliphatic heterocycles. The minimum Gasteiger partial charge on any atom is -0.381 e. The number of halogens is 3. The molecule has 2 nitrogen and oxygen atoms in total. The highest BCUT2D eigenvalue weighted by Crippen LogP contribution is 2.18. The molecule has 0 N–H and O–H groups in total. The summed E-state index contributed by atoms with van der Waals surface area (Å²) in [5.41, 5.74) is 0. The molecule has 0 rings (SSSR count). The number of rotatable bonds is 6. The lowest BCUT2D eigenvalue weighted by Gasteiger charge is -2.06. The molecule has 0 atom stereocenters. The number of carbonyl (C=O) groups excluding carboxylic acids is 1. The van der Waals surface area contributed by atoms with Gasteiger partial charge in [-0.2, -0.15) is 13.2 Å². The van der Waals surface area contributed by atoms with E-state index in [0.29, 0.717) is 12.8 Å². The Hall–Kier alpha value is -0.580. The van der Waals surface area contributed by atoms with Crippen LogP contribution in [0.15, 0.2) is 0 Å². The van der Waals surface area contributed by atoms with Crippen molar-refractivity contribution in [1.82, 2.24) is 0 Å². The lowest BCUT2D eigenvalue weighted by molar-refractivity contribution is -0.145. The second-order valence-corrected chi connectivity index (χ2v) is 2.78. The van der Waals surface area contributed by atoms with Crippen LogP contribution in [-0.2, 0) is 9.53 Å². The number of Topliss-reactive ketones (excluding diaryl/α,β-unsaturated/α-hetero) is 1. The molecular weight excluding hydrogens is 185 g/mol. The van der Waals surface area contributed by atoms with Crippen molar-refractivity contribution in [2.75, 3.05) is 13.2 Å². The van der Waals surface area contributed by atoms with E-state index in [2.05, 4.69) is 4.74 Å². The Morgan fingerprint density at radius 1 is 1.31 bits per heavy atom. The molecule has 0 aliphatic carbocycles. The van der Waals surface area contributed by atoms with E-state index in [-0.39, 0.29) is 19.0 Å². The van der Waals surface area contributed by atoms with Gasteiger partial charge in [-0.05, 0) is 13.3 Å². The van der Waals surface area contributed by atoms with Crippen LogP contribution in [0.2, 0.25) is 0 Å². The molecule has 78 valence electrons. The largest absolute Gasteiger partial charge is 0.391 e. The SMILES string of the molecule is CC(=O)CCCOCCC(F)(F)F. The van der Waals surface area contributed by atoms with Gasteiger partial charge in [-0.15, -0.1) is 0 Å². The average Bonchev–Trinajstić information content (AvgIpc) is 1.93. The Labute approximate surface area is 75.1 Å². The first-order valence-corrected chi connectivity index (χ1v) is 4.06. The number of alkyl halides is 3. The summed E-state index contributed by atoms with van der Waals surface area (Å²) in [5, 5.41) is 0. The quantitative estimate of drug-likeness (QED) is 0.612. The fraction of sp³-hybridized carbons (Fsp3) is 0.875. The minimum atomic E-state index is -4.15. The molecule has 0 amide bonds. The second kappa shape index (κ2) is 5.96. The third-order valence-electron chi connectivity index (χ3n) is 1.35. The first-order valence-electron chi connectivity index (χ1n) is 4.06. The zero-order chi connectivity index (χ0) is 10.3. The van der Waals surface area contributed by atoms with Crippen molar-refractivity contribution < 1.29 is 22.7 Å². The van der Waals surface area contributed by atoms with Crippen molar-refractivity contribution in [3.05, 3.63) is 0 Å². The summed E-state index contributed by atoms with van der Waals surface area (Å²) in [4.78, 5) is 10.4. The molecular formula is C8H13F3O2. The van der Waals surface area contributed by atoms with Crippen molar-refractivity contribution in [1.29, 1.82) is 0 Å². The Kier molecular flexibility index (Phi) is 5.70. The highest BCUT2D eigenvalue weighted by Gasteiger charge is 2.26. The summed E-state index contributed by atoms with van der Waals surface area (Å²) in [7, 11) is 0. The lowest BCUT2D eigenvalue weighted by atomic mass is 10.2. The Morgan fingerprint density at radius 2 is 1.92 bits per heavy atom. The van der Waals surface area contributed by atoms with Gasteiger partial charge in [-0.1, -0.05) is 0 Å². The van der Waals surface area contributed by atoms with E-state index in [1.165, 1.54) is 6.92 Å².